The van der Waals surface area contributed by atoms with Crippen molar-refractivity contribution < 1.29 is 19.1 Å². The van der Waals surface area contributed by atoms with Crippen LogP contribution in [0.5, 0.6) is 5.75 Å². The zero-order chi connectivity index (χ0) is 19.2. The molecule has 2 N–H and O–H groups in total. The van der Waals surface area contributed by atoms with E-state index in [1.807, 2.05) is 30.3 Å². The lowest BCUT2D eigenvalue weighted by Crippen LogP contribution is -2.49. The Morgan fingerprint density at radius 2 is 1.96 bits per heavy atom. The van der Waals surface area contributed by atoms with Crippen molar-refractivity contribution in [3.05, 3.63) is 30.3 Å². The summed E-state index contributed by atoms with van der Waals surface area (Å²) in [4.78, 5) is 39.3. The minimum atomic E-state index is -0.390. The first-order valence-corrected chi connectivity index (χ1v) is 9.58. The van der Waals surface area contributed by atoms with Crippen molar-refractivity contribution in [2.24, 2.45) is 11.7 Å². The molecule has 146 valence electrons. The number of piperidine rings is 1. The lowest BCUT2D eigenvalue weighted by molar-refractivity contribution is -0.137. The molecule has 7 nitrogen and oxygen atoms in total. The predicted molar refractivity (Wildman–Crippen MR) is 99.8 cm³/mol. The van der Waals surface area contributed by atoms with Gasteiger partial charge >= 0.3 is 0 Å². The number of ether oxygens (including phenoxy) is 1. The fraction of sp³-hybridized carbons (Fsp3) is 0.550. The average molecular weight is 373 g/mol. The maximum Gasteiger partial charge on any atom is 0.224 e. The number of primary amides is 1. The molecule has 3 rings (SSSR count). The van der Waals surface area contributed by atoms with Gasteiger partial charge in [-0.25, -0.2) is 0 Å². The third-order valence-electron chi connectivity index (χ3n) is 5.28. The van der Waals surface area contributed by atoms with Gasteiger partial charge in [-0.1, -0.05) is 18.2 Å². The number of benzene rings is 1. The SMILES string of the molecule is NC(=O)C[C@H]1CN(C(=O)CCN2CCCC2=O)CC[C@@H]1Oc1ccccc1. The highest BCUT2D eigenvalue weighted by atomic mass is 16.5. The molecule has 0 radical (unpaired) electrons. The van der Waals surface area contributed by atoms with Crippen LogP contribution in [0.2, 0.25) is 0 Å². The lowest BCUT2D eigenvalue weighted by Gasteiger charge is -2.38. The zero-order valence-corrected chi connectivity index (χ0v) is 15.5. The fourth-order valence-corrected chi connectivity index (χ4v) is 3.85. The predicted octanol–water partition coefficient (Wildman–Crippen LogP) is 1.17. The third-order valence-corrected chi connectivity index (χ3v) is 5.28. The fourth-order valence-electron chi connectivity index (χ4n) is 3.85. The number of likely N-dealkylation sites (tertiary alicyclic amines) is 2. The highest BCUT2D eigenvalue weighted by Crippen LogP contribution is 2.26. The molecule has 3 amide bonds. The maximum atomic E-state index is 12.6. The Morgan fingerprint density at radius 1 is 1.19 bits per heavy atom. The van der Waals surface area contributed by atoms with E-state index in [9.17, 15) is 14.4 Å². The van der Waals surface area contributed by atoms with Gasteiger partial charge in [0.25, 0.3) is 0 Å². The van der Waals surface area contributed by atoms with E-state index in [-0.39, 0.29) is 30.3 Å². The molecule has 0 aromatic heterocycles. The van der Waals surface area contributed by atoms with Crippen LogP contribution in [0.4, 0.5) is 0 Å². The van der Waals surface area contributed by atoms with Crippen LogP contribution < -0.4 is 10.5 Å². The molecule has 0 aliphatic carbocycles. The molecule has 27 heavy (non-hydrogen) atoms. The molecule has 1 aromatic carbocycles. The first-order valence-electron chi connectivity index (χ1n) is 9.58. The summed E-state index contributed by atoms with van der Waals surface area (Å²) in [5.74, 6) is 0.378. The Morgan fingerprint density at radius 3 is 2.63 bits per heavy atom. The van der Waals surface area contributed by atoms with Crippen molar-refractivity contribution in [3.63, 3.8) is 0 Å². The van der Waals surface area contributed by atoms with Gasteiger partial charge in [-0.3, -0.25) is 14.4 Å². The minimum absolute atomic E-state index is 0.0160. The minimum Gasteiger partial charge on any atom is -0.490 e. The molecule has 0 bridgehead atoms. The second kappa shape index (κ2) is 8.88. The van der Waals surface area contributed by atoms with Crippen LogP contribution >= 0.6 is 0 Å². The van der Waals surface area contributed by atoms with Crippen molar-refractivity contribution in [2.45, 2.75) is 38.2 Å². The molecule has 0 spiro atoms. The lowest BCUT2D eigenvalue weighted by atomic mass is 9.91. The van der Waals surface area contributed by atoms with Crippen molar-refractivity contribution in [1.82, 2.24) is 9.80 Å². The summed E-state index contributed by atoms with van der Waals surface area (Å²) < 4.78 is 6.05. The number of nitrogens with zero attached hydrogens (tertiary/aromatic N) is 2. The molecule has 2 heterocycles. The standard InChI is InChI=1S/C20H27N3O4/c21-18(24)13-15-14-23(20(26)9-12-22-10-4-7-19(22)25)11-8-17(15)27-16-5-2-1-3-6-16/h1-3,5-6,15,17H,4,7-14H2,(H2,21,24)/t15-,17-/m0/s1. The summed E-state index contributed by atoms with van der Waals surface area (Å²) >= 11 is 0. The summed E-state index contributed by atoms with van der Waals surface area (Å²) in [6.45, 7) is 2.24. The van der Waals surface area contributed by atoms with Crippen LogP contribution in [0.15, 0.2) is 30.3 Å². The van der Waals surface area contributed by atoms with Crippen LogP contribution in [0.1, 0.15) is 32.1 Å². The van der Waals surface area contributed by atoms with Gasteiger partial charge in [0.15, 0.2) is 0 Å². The topological polar surface area (TPSA) is 92.9 Å². The molecule has 7 heteroatoms. The van der Waals surface area contributed by atoms with Crippen molar-refractivity contribution in [1.29, 1.82) is 0 Å². The van der Waals surface area contributed by atoms with Crippen molar-refractivity contribution in [3.8, 4) is 5.75 Å². The van der Waals surface area contributed by atoms with Gasteiger partial charge in [0.05, 0.1) is 0 Å². The Balaban J connectivity index is 1.56. The Hall–Kier alpha value is -2.57. The number of hydrogen-bond donors (Lipinski definition) is 1. The molecule has 0 unspecified atom stereocenters. The number of carbonyl (C=O) groups is 3. The molecule has 2 aliphatic heterocycles. The number of rotatable bonds is 7. The normalized spacial score (nSPS) is 22.7. The Labute approximate surface area is 159 Å². The number of nitrogens with two attached hydrogens (primary N) is 1. The number of carbonyl (C=O) groups excluding carboxylic acids is 3. The van der Waals surface area contributed by atoms with Crippen LogP contribution in [0, 0.1) is 5.92 Å². The van der Waals surface area contributed by atoms with E-state index in [1.165, 1.54) is 0 Å². The number of para-hydroxylation sites is 1. The van der Waals surface area contributed by atoms with Gasteiger partial charge < -0.3 is 20.3 Å². The Bertz CT molecular complexity index is 679. The quantitative estimate of drug-likeness (QED) is 0.776. The molecule has 2 aliphatic rings. The molecular formula is C20H27N3O4. The molecule has 2 fully saturated rings. The van der Waals surface area contributed by atoms with E-state index in [0.29, 0.717) is 38.9 Å². The first-order chi connectivity index (χ1) is 13.0. The third kappa shape index (κ3) is 5.21. The highest BCUT2D eigenvalue weighted by Gasteiger charge is 2.34. The molecule has 2 saturated heterocycles. The monoisotopic (exact) mass is 373 g/mol. The second-order valence-corrected chi connectivity index (χ2v) is 7.26. The zero-order valence-electron chi connectivity index (χ0n) is 15.5. The van der Waals surface area contributed by atoms with Crippen LogP contribution in [0.3, 0.4) is 0 Å². The van der Waals surface area contributed by atoms with E-state index in [4.69, 9.17) is 10.5 Å². The summed E-state index contributed by atoms with van der Waals surface area (Å²) in [6, 6.07) is 9.48. The van der Waals surface area contributed by atoms with E-state index in [0.717, 1.165) is 18.7 Å². The van der Waals surface area contributed by atoms with E-state index in [1.54, 1.807) is 9.80 Å². The summed E-state index contributed by atoms with van der Waals surface area (Å²) in [5.41, 5.74) is 5.42. The van der Waals surface area contributed by atoms with Crippen molar-refractivity contribution in [2.75, 3.05) is 26.2 Å². The van der Waals surface area contributed by atoms with Gasteiger partial charge in [0, 0.05) is 57.8 Å². The number of hydrogen-bond acceptors (Lipinski definition) is 4. The van der Waals surface area contributed by atoms with Gasteiger partial charge in [0.1, 0.15) is 11.9 Å². The average Bonchev–Trinajstić information content (AvgIpc) is 3.06. The maximum absolute atomic E-state index is 12.6. The van der Waals surface area contributed by atoms with E-state index in [2.05, 4.69) is 0 Å². The number of amides is 3. The van der Waals surface area contributed by atoms with Gasteiger partial charge in [-0.15, -0.1) is 0 Å². The van der Waals surface area contributed by atoms with E-state index >= 15 is 0 Å². The molecule has 2 atom stereocenters. The summed E-state index contributed by atoms with van der Waals surface area (Å²) in [6.07, 6.45) is 2.46. The van der Waals surface area contributed by atoms with Gasteiger partial charge in [-0.05, 0) is 18.6 Å². The highest BCUT2D eigenvalue weighted by molar-refractivity contribution is 5.80. The molecule has 0 saturated carbocycles. The van der Waals surface area contributed by atoms with Gasteiger partial charge in [0.2, 0.25) is 17.7 Å². The van der Waals surface area contributed by atoms with Crippen LogP contribution in [-0.2, 0) is 14.4 Å². The summed E-state index contributed by atoms with van der Waals surface area (Å²) in [7, 11) is 0. The second-order valence-electron chi connectivity index (χ2n) is 7.26. The van der Waals surface area contributed by atoms with Gasteiger partial charge in [-0.2, -0.15) is 0 Å². The summed E-state index contributed by atoms with van der Waals surface area (Å²) in [5, 5.41) is 0. The van der Waals surface area contributed by atoms with Crippen LogP contribution in [-0.4, -0.2) is 59.8 Å². The Kier molecular flexibility index (Phi) is 6.32. The van der Waals surface area contributed by atoms with E-state index < -0.39 is 5.91 Å². The molecular weight excluding hydrogens is 346 g/mol. The molecule has 1 aromatic rings. The van der Waals surface area contributed by atoms with Crippen LogP contribution in [0.25, 0.3) is 0 Å². The smallest absolute Gasteiger partial charge is 0.224 e. The van der Waals surface area contributed by atoms with Crippen molar-refractivity contribution >= 4 is 17.7 Å². The largest absolute Gasteiger partial charge is 0.490 e. The first kappa shape index (κ1) is 19.2.